The molecule has 1 N–H and O–H groups in total. The molecule has 0 bridgehead atoms. The summed E-state index contributed by atoms with van der Waals surface area (Å²) in [5.74, 6) is -0.678. The molecule has 2 heterocycles. The zero-order chi connectivity index (χ0) is 19.9. The van der Waals surface area contributed by atoms with Gasteiger partial charge in [-0.15, -0.1) is 0 Å². The van der Waals surface area contributed by atoms with Crippen LogP contribution in [0.4, 0.5) is 0 Å². The van der Waals surface area contributed by atoms with Crippen LogP contribution in [0.25, 0.3) is 0 Å². The molecule has 7 nitrogen and oxygen atoms in total. The van der Waals surface area contributed by atoms with E-state index in [1.165, 1.54) is 6.92 Å². The number of rotatable bonds is 5. The molecule has 2 fully saturated rings. The van der Waals surface area contributed by atoms with Crippen LogP contribution in [0.1, 0.15) is 41.5 Å². The molecule has 1 amide bonds. The van der Waals surface area contributed by atoms with Gasteiger partial charge in [-0.05, 0) is 18.1 Å². The molecule has 0 aliphatic carbocycles. The minimum atomic E-state index is -2.12. The topological polar surface area (TPSA) is 83.1 Å². The fraction of sp³-hybridized carbons (Fsp3) is 0.889. The summed E-state index contributed by atoms with van der Waals surface area (Å²) >= 11 is 0. The van der Waals surface area contributed by atoms with Crippen LogP contribution in [-0.4, -0.2) is 57.4 Å². The highest BCUT2D eigenvalue weighted by Gasteiger charge is 2.56. The van der Waals surface area contributed by atoms with E-state index in [1.807, 2.05) is 0 Å². The number of hydrogen-bond acceptors (Lipinski definition) is 6. The van der Waals surface area contributed by atoms with E-state index in [4.69, 9.17) is 18.6 Å². The lowest BCUT2D eigenvalue weighted by atomic mass is 10.1. The number of carbonyl (C=O) groups excluding carboxylic acids is 2. The van der Waals surface area contributed by atoms with E-state index >= 15 is 0 Å². The molecule has 0 aromatic carbocycles. The largest absolute Gasteiger partial charge is 0.457 e. The van der Waals surface area contributed by atoms with Crippen LogP contribution in [0.3, 0.4) is 0 Å². The number of carbonyl (C=O) groups is 2. The van der Waals surface area contributed by atoms with Gasteiger partial charge in [-0.1, -0.05) is 34.6 Å². The van der Waals surface area contributed by atoms with Gasteiger partial charge in [0.2, 0.25) is 5.91 Å². The second-order valence-electron chi connectivity index (χ2n) is 9.00. The van der Waals surface area contributed by atoms with Crippen molar-refractivity contribution in [1.29, 1.82) is 0 Å². The van der Waals surface area contributed by atoms with Crippen LogP contribution < -0.4 is 5.32 Å². The van der Waals surface area contributed by atoms with Crippen molar-refractivity contribution < 1.29 is 28.2 Å². The van der Waals surface area contributed by atoms with Crippen LogP contribution in [0.5, 0.6) is 0 Å². The van der Waals surface area contributed by atoms with Crippen molar-refractivity contribution in [2.45, 2.75) is 90.3 Å². The summed E-state index contributed by atoms with van der Waals surface area (Å²) in [7, 11) is -2.12. The van der Waals surface area contributed by atoms with Crippen molar-refractivity contribution >= 4 is 20.2 Å². The summed E-state index contributed by atoms with van der Waals surface area (Å²) in [5, 5.41) is 2.90. The molecular weight excluding hydrogens is 354 g/mol. The van der Waals surface area contributed by atoms with Gasteiger partial charge in [0.15, 0.2) is 20.7 Å². The molecule has 2 aliphatic heterocycles. The summed E-state index contributed by atoms with van der Waals surface area (Å²) in [6.45, 7) is 16.0. The third-order valence-corrected chi connectivity index (χ3v) is 9.84. The van der Waals surface area contributed by atoms with Gasteiger partial charge in [-0.2, -0.15) is 0 Å². The predicted molar refractivity (Wildman–Crippen MR) is 99.0 cm³/mol. The molecule has 1 unspecified atom stereocenters. The molecule has 0 radical (unpaired) electrons. The first-order valence-corrected chi connectivity index (χ1v) is 12.2. The van der Waals surface area contributed by atoms with Gasteiger partial charge in [0.05, 0.1) is 12.5 Å². The first kappa shape index (κ1) is 21.3. The second kappa shape index (κ2) is 7.57. The van der Waals surface area contributed by atoms with Crippen molar-refractivity contribution in [2.24, 2.45) is 5.92 Å². The lowest BCUT2D eigenvalue weighted by Crippen LogP contribution is -2.52. The number of esters is 1. The van der Waals surface area contributed by atoms with Gasteiger partial charge in [-0.25, -0.2) is 0 Å². The van der Waals surface area contributed by atoms with E-state index in [-0.39, 0.29) is 29.4 Å². The van der Waals surface area contributed by atoms with Gasteiger partial charge < -0.3 is 24.0 Å². The second-order valence-corrected chi connectivity index (χ2v) is 13.8. The van der Waals surface area contributed by atoms with E-state index in [2.05, 4.69) is 39.2 Å². The monoisotopic (exact) mass is 387 g/mol. The standard InChI is InChI=1S/C18H33NO6Si/c1-10(2)16(21)23-12-9-22-15-13(19-11(3)20)17(24-14(12)15)25-26(7,8)18(4,5)6/h10,12-15,17H,9H2,1-8H3,(H,19,20)/t12-,13+,14-,15-,17?/m1/s1. The molecule has 2 saturated heterocycles. The Hall–Kier alpha value is -0.963. The van der Waals surface area contributed by atoms with Crippen LogP contribution in [0, 0.1) is 5.92 Å². The Bertz CT molecular complexity index is 544. The quantitative estimate of drug-likeness (QED) is 0.575. The fourth-order valence-corrected chi connectivity index (χ4v) is 3.95. The summed E-state index contributed by atoms with van der Waals surface area (Å²) in [5.41, 5.74) is 0. The smallest absolute Gasteiger partial charge is 0.308 e. The molecule has 8 heteroatoms. The van der Waals surface area contributed by atoms with E-state index < -0.39 is 39.0 Å². The maximum atomic E-state index is 12.0. The summed E-state index contributed by atoms with van der Waals surface area (Å²) in [6, 6.07) is -0.422. The van der Waals surface area contributed by atoms with E-state index in [0.717, 1.165) is 0 Å². The lowest BCUT2D eigenvalue weighted by Gasteiger charge is -2.39. The van der Waals surface area contributed by atoms with Crippen LogP contribution in [-0.2, 0) is 28.2 Å². The van der Waals surface area contributed by atoms with E-state index in [9.17, 15) is 9.59 Å². The van der Waals surface area contributed by atoms with Crippen LogP contribution >= 0.6 is 0 Å². The van der Waals surface area contributed by atoms with Crippen molar-refractivity contribution in [3.8, 4) is 0 Å². The molecule has 0 spiro atoms. The Morgan fingerprint density at radius 1 is 1.19 bits per heavy atom. The van der Waals surface area contributed by atoms with Gasteiger partial charge in [0.25, 0.3) is 0 Å². The Balaban J connectivity index is 2.16. The summed E-state index contributed by atoms with van der Waals surface area (Å²) < 4.78 is 23.9. The zero-order valence-electron chi connectivity index (χ0n) is 17.1. The Morgan fingerprint density at radius 2 is 1.81 bits per heavy atom. The number of nitrogens with one attached hydrogen (secondary N) is 1. The Morgan fingerprint density at radius 3 is 2.31 bits per heavy atom. The molecule has 26 heavy (non-hydrogen) atoms. The minimum absolute atomic E-state index is 0.000793. The van der Waals surface area contributed by atoms with Crippen LogP contribution in [0.2, 0.25) is 18.1 Å². The van der Waals surface area contributed by atoms with Gasteiger partial charge >= 0.3 is 5.97 Å². The Labute approximate surface area is 157 Å². The fourth-order valence-electron chi connectivity index (χ4n) is 2.81. The highest BCUT2D eigenvalue weighted by molar-refractivity contribution is 6.74. The lowest BCUT2D eigenvalue weighted by molar-refractivity contribution is -0.165. The first-order chi connectivity index (χ1) is 11.8. The number of hydrogen-bond donors (Lipinski definition) is 1. The molecule has 2 aliphatic rings. The van der Waals surface area contributed by atoms with Gasteiger partial charge in [0.1, 0.15) is 18.2 Å². The third-order valence-electron chi connectivity index (χ3n) is 5.41. The number of amides is 1. The molecule has 0 aromatic heterocycles. The zero-order valence-corrected chi connectivity index (χ0v) is 18.1. The van der Waals surface area contributed by atoms with Gasteiger partial charge in [-0.3, -0.25) is 9.59 Å². The van der Waals surface area contributed by atoms with Crippen LogP contribution in [0.15, 0.2) is 0 Å². The van der Waals surface area contributed by atoms with Crippen molar-refractivity contribution in [2.75, 3.05) is 6.61 Å². The highest BCUT2D eigenvalue weighted by atomic mass is 28.4. The van der Waals surface area contributed by atoms with Crippen molar-refractivity contribution in [3.63, 3.8) is 0 Å². The minimum Gasteiger partial charge on any atom is -0.457 e. The third kappa shape index (κ3) is 4.47. The summed E-state index contributed by atoms with van der Waals surface area (Å²) in [4.78, 5) is 23.7. The average molecular weight is 388 g/mol. The maximum Gasteiger partial charge on any atom is 0.308 e. The van der Waals surface area contributed by atoms with Crippen molar-refractivity contribution in [1.82, 2.24) is 5.32 Å². The molecular formula is C18H33NO6Si. The summed E-state index contributed by atoms with van der Waals surface area (Å²) in [6.07, 6.45) is -1.93. The molecule has 5 atom stereocenters. The molecule has 150 valence electrons. The van der Waals surface area contributed by atoms with Gasteiger partial charge in [0, 0.05) is 6.92 Å². The average Bonchev–Trinajstić information content (AvgIpc) is 2.98. The first-order valence-electron chi connectivity index (χ1n) is 9.26. The SMILES string of the molecule is CC(=O)N[C@@H]1C(O[Si](C)(C)C(C)(C)C)O[C@H]2[C@@H]1OC[C@H]2OC(=O)C(C)C. The predicted octanol–water partition coefficient (Wildman–Crippen LogP) is 2.20. The molecule has 2 rings (SSSR count). The molecule has 0 aromatic rings. The molecule has 0 saturated carbocycles. The highest BCUT2D eigenvalue weighted by Crippen LogP contribution is 2.41. The Kier molecular flexibility index (Phi) is 6.22. The maximum absolute atomic E-state index is 12.0. The van der Waals surface area contributed by atoms with E-state index in [0.29, 0.717) is 0 Å². The normalized spacial score (nSPS) is 31.8. The van der Waals surface area contributed by atoms with E-state index in [1.54, 1.807) is 13.8 Å². The van der Waals surface area contributed by atoms with Crippen molar-refractivity contribution in [3.05, 3.63) is 0 Å². The number of fused-ring (bicyclic) bond motifs is 1. The number of ether oxygens (including phenoxy) is 3.